The topological polar surface area (TPSA) is 21.3 Å². The summed E-state index contributed by atoms with van der Waals surface area (Å²) in [6, 6.07) is 11.8. The highest BCUT2D eigenvalue weighted by Crippen LogP contribution is 2.24. The lowest BCUT2D eigenvalue weighted by Gasteiger charge is -2.17. The molecule has 2 aromatic carbocycles. The average Bonchev–Trinajstić information content (AvgIpc) is 2.43. The van der Waals surface area contributed by atoms with Gasteiger partial charge in [0.2, 0.25) is 0 Å². The molecular weight excluding hydrogens is 300 g/mol. The van der Waals surface area contributed by atoms with Crippen LogP contribution in [0, 0.1) is 5.82 Å². The minimum absolute atomic E-state index is 0.0923. The van der Waals surface area contributed by atoms with Gasteiger partial charge in [-0.2, -0.15) is 0 Å². The Bertz CT molecular complexity index is 592. The van der Waals surface area contributed by atoms with Crippen LogP contribution >= 0.6 is 23.2 Å². The maximum atomic E-state index is 13.0. The number of rotatable bonds is 5. The minimum Gasteiger partial charge on any atom is -0.487 e. The summed E-state index contributed by atoms with van der Waals surface area (Å²) >= 11 is 11.7. The molecule has 1 atom stereocenters. The lowest BCUT2D eigenvalue weighted by molar-refractivity contribution is 0.235. The lowest BCUT2D eigenvalue weighted by atomic mass is 10.3. The second-order valence-corrected chi connectivity index (χ2v) is 5.18. The summed E-state index contributed by atoms with van der Waals surface area (Å²) in [5.41, 5.74) is 0.742. The van der Waals surface area contributed by atoms with Crippen molar-refractivity contribution in [2.75, 3.05) is 11.9 Å². The molecule has 106 valence electrons. The van der Waals surface area contributed by atoms with Gasteiger partial charge in [0, 0.05) is 5.69 Å². The third-order valence-corrected chi connectivity index (χ3v) is 3.28. The van der Waals surface area contributed by atoms with Gasteiger partial charge in [0.25, 0.3) is 0 Å². The largest absolute Gasteiger partial charge is 0.487 e. The van der Waals surface area contributed by atoms with E-state index in [1.165, 1.54) is 6.07 Å². The maximum absolute atomic E-state index is 13.0. The van der Waals surface area contributed by atoms with Crippen molar-refractivity contribution in [3.63, 3.8) is 0 Å². The van der Waals surface area contributed by atoms with E-state index in [0.717, 1.165) is 5.69 Å². The summed E-state index contributed by atoms with van der Waals surface area (Å²) in [5.74, 6) is 0.207. The van der Waals surface area contributed by atoms with E-state index in [1.54, 1.807) is 18.2 Å². The fourth-order valence-electron chi connectivity index (χ4n) is 1.67. The molecule has 2 rings (SSSR count). The molecule has 0 aromatic heterocycles. The van der Waals surface area contributed by atoms with E-state index in [2.05, 4.69) is 5.32 Å². The lowest BCUT2D eigenvalue weighted by Crippen LogP contribution is -2.22. The number of anilines is 1. The fraction of sp³-hybridized carbons (Fsp3) is 0.200. The van der Waals surface area contributed by atoms with Crippen molar-refractivity contribution >= 4 is 28.9 Å². The molecule has 1 unspecified atom stereocenters. The van der Waals surface area contributed by atoms with E-state index >= 15 is 0 Å². The highest BCUT2D eigenvalue weighted by molar-refractivity contribution is 6.32. The van der Waals surface area contributed by atoms with Crippen molar-refractivity contribution in [3.8, 4) is 5.75 Å². The van der Waals surface area contributed by atoms with Crippen LogP contribution in [0.3, 0.4) is 0 Å². The van der Waals surface area contributed by atoms with Crippen LogP contribution in [0.15, 0.2) is 42.5 Å². The highest BCUT2D eigenvalue weighted by Gasteiger charge is 2.07. The molecule has 0 saturated heterocycles. The Labute approximate surface area is 127 Å². The molecule has 0 aliphatic carbocycles. The van der Waals surface area contributed by atoms with Gasteiger partial charge in [-0.25, -0.2) is 4.39 Å². The van der Waals surface area contributed by atoms with Gasteiger partial charge in [0.1, 0.15) is 17.7 Å². The number of benzene rings is 2. The summed E-state index contributed by atoms with van der Waals surface area (Å²) in [6.07, 6.45) is -0.0984. The van der Waals surface area contributed by atoms with E-state index in [1.807, 2.05) is 25.1 Å². The van der Waals surface area contributed by atoms with Crippen molar-refractivity contribution in [1.29, 1.82) is 0 Å². The van der Waals surface area contributed by atoms with Gasteiger partial charge in [0.15, 0.2) is 0 Å². The van der Waals surface area contributed by atoms with Crippen molar-refractivity contribution in [3.05, 3.63) is 58.3 Å². The zero-order valence-corrected chi connectivity index (χ0v) is 12.4. The summed E-state index contributed by atoms with van der Waals surface area (Å²) in [7, 11) is 0. The Kier molecular flexibility index (Phi) is 5.10. The second-order valence-electron chi connectivity index (χ2n) is 4.37. The van der Waals surface area contributed by atoms with E-state index in [0.29, 0.717) is 17.3 Å². The van der Waals surface area contributed by atoms with Gasteiger partial charge in [-0.3, -0.25) is 0 Å². The molecule has 0 amide bonds. The first kappa shape index (κ1) is 14.9. The molecule has 0 aliphatic rings. The molecule has 0 fully saturated rings. The smallest absolute Gasteiger partial charge is 0.141 e. The van der Waals surface area contributed by atoms with Gasteiger partial charge in [0.05, 0.1) is 16.6 Å². The van der Waals surface area contributed by atoms with E-state index < -0.39 is 5.82 Å². The SMILES string of the molecule is CC(CNc1ccc(F)c(Cl)c1)Oc1ccccc1Cl. The molecule has 0 radical (unpaired) electrons. The van der Waals surface area contributed by atoms with Gasteiger partial charge in [-0.05, 0) is 37.3 Å². The van der Waals surface area contributed by atoms with E-state index in [4.69, 9.17) is 27.9 Å². The molecule has 1 N–H and O–H groups in total. The van der Waals surface area contributed by atoms with E-state index in [9.17, 15) is 4.39 Å². The summed E-state index contributed by atoms with van der Waals surface area (Å²) in [5, 5.41) is 3.80. The summed E-state index contributed by atoms with van der Waals surface area (Å²) in [4.78, 5) is 0. The third kappa shape index (κ3) is 4.02. The molecule has 2 aromatic rings. The molecule has 0 heterocycles. The standard InChI is InChI=1S/C15H14Cl2FNO/c1-10(20-15-5-3-2-4-12(15)16)9-19-11-6-7-14(18)13(17)8-11/h2-8,10,19H,9H2,1H3. The van der Waals surface area contributed by atoms with Crippen LogP contribution in [0.1, 0.15) is 6.92 Å². The second kappa shape index (κ2) is 6.82. The predicted molar refractivity (Wildman–Crippen MR) is 81.4 cm³/mol. The first-order chi connectivity index (χ1) is 9.56. The first-order valence-corrected chi connectivity index (χ1v) is 6.92. The van der Waals surface area contributed by atoms with Gasteiger partial charge in [-0.1, -0.05) is 35.3 Å². The Balaban J connectivity index is 1.90. The minimum atomic E-state index is -0.433. The van der Waals surface area contributed by atoms with Crippen molar-refractivity contribution in [2.45, 2.75) is 13.0 Å². The number of hydrogen-bond acceptors (Lipinski definition) is 2. The van der Waals surface area contributed by atoms with Crippen LogP contribution in [-0.4, -0.2) is 12.6 Å². The van der Waals surface area contributed by atoms with Crippen molar-refractivity contribution in [1.82, 2.24) is 0 Å². The van der Waals surface area contributed by atoms with Gasteiger partial charge < -0.3 is 10.1 Å². The summed E-state index contributed by atoms with van der Waals surface area (Å²) < 4.78 is 18.7. The zero-order valence-electron chi connectivity index (χ0n) is 10.9. The Morgan fingerprint density at radius 1 is 1.15 bits per heavy atom. The Morgan fingerprint density at radius 3 is 2.60 bits per heavy atom. The van der Waals surface area contributed by atoms with Crippen LogP contribution in [0.5, 0.6) is 5.75 Å². The van der Waals surface area contributed by atoms with Crippen molar-refractivity contribution in [2.24, 2.45) is 0 Å². The summed E-state index contributed by atoms with van der Waals surface area (Å²) in [6.45, 7) is 2.47. The van der Waals surface area contributed by atoms with Gasteiger partial charge in [-0.15, -0.1) is 0 Å². The predicted octanol–water partition coefficient (Wildman–Crippen LogP) is 5.01. The Morgan fingerprint density at radius 2 is 1.90 bits per heavy atom. The van der Waals surface area contributed by atoms with Crippen LogP contribution in [0.4, 0.5) is 10.1 Å². The average molecular weight is 314 g/mol. The third-order valence-electron chi connectivity index (χ3n) is 2.68. The number of ether oxygens (including phenoxy) is 1. The quantitative estimate of drug-likeness (QED) is 0.837. The molecule has 20 heavy (non-hydrogen) atoms. The van der Waals surface area contributed by atoms with E-state index in [-0.39, 0.29) is 11.1 Å². The fourth-order valence-corrected chi connectivity index (χ4v) is 2.03. The van der Waals surface area contributed by atoms with Gasteiger partial charge >= 0.3 is 0 Å². The van der Waals surface area contributed by atoms with Crippen LogP contribution in [0.2, 0.25) is 10.0 Å². The molecule has 0 aliphatic heterocycles. The Hall–Kier alpha value is -1.45. The zero-order chi connectivity index (χ0) is 14.5. The molecule has 2 nitrogen and oxygen atoms in total. The number of hydrogen-bond donors (Lipinski definition) is 1. The van der Waals surface area contributed by atoms with Crippen LogP contribution < -0.4 is 10.1 Å². The number of halogens is 3. The molecule has 5 heteroatoms. The van der Waals surface area contributed by atoms with Crippen molar-refractivity contribution < 1.29 is 9.13 Å². The molecule has 0 saturated carbocycles. The molecule has 0 bridgehead atoms. The first-order valence-electron chi connectivity index (χ1n) is 6.16. The highest BCUT2D eigenvalue weighted by atomic mass is 35.5. The molecule has 0 spiro atoms. The number of nitrogens with one attached hydrogen (secondary N) is 1. The normalized spacial score (nSPS) is 12.0. The van der Waals surface area contributed by atoms with Crippen LogP contribution in [0.25, 0.3) is 0 Å². The number of para-hydroxylation sites is 1. The maximum Gasteiger partial charge on any atom is 0.141 e. The molecular formula is C15H14Cl2FNO. The van der Waals surface area contributed by atoms with Crippen LogP contribution in [-0.2, 0) is 0 Å². The monoisotopic (exact) mass is 313 g/mol.